The minimum Gasteiger partial charge on any atom is -0.389 e. The molecule has 2 unspecified atom stereocenters. The van der Waals surface area contributed by atoms with E-state index in [9.17, 15) is 10.2 Å². The summed E-state index contributed by atoms with van der Waals surface area (Å²) in [6.45, 7) is 5.81. The minimum atomic E-state index is -0.682. The monoisotopic (exact) mass is 251 g/mol. The molecular weight excluding hydrogens is 230 g/mol. The third-order valence-corrected chi connectivity index (χ3v) is 3.13. The van der Waals surface area contributed by atoms with Crippen LogP contribution in [0.3, 0.4) is 0 Å². The van der Waals surface area contributed by atoms with Crippen molar-refractivity contribution in [3.8, 4) is 0 Å². The SMILES string of the molecule is CC(C)NCc1cccnc1N1CC(O)C(O)C1. The highest BCUT2D eigenvalue weighted by Gasteiger charge is 2.31. The van der Waals surface area contributed by atoms with Crippen molar-refractivity contribution in [3.05, 3.63) is 23.9 Å². The molecule has 0 aliphatic carbocycles. The van der Waals surface area contributed by atoms with Gasteiger partial charge >= 0.3 is 0 Å². The zero-order valence-corrected chi connectivity index (χ0v) is 10.9. The Kier molecular flexibility index (Phi) is 4.16. The zero-order chi connectivity index (χ0) is 13.1. The van der Waals surface area contributed by atoms with E-state index in [4.69, 9.17) is 0 Å². The van der Waals surface area contributed by atoms with Crippen molar-refractivity contribution in [1.82, 2.24) is 10.3 Å². The molecule has 2 atom stereocenters. The van der Waals surface area contributed by atoms with Crippen LogP contribution < -0.4 is 10.2 Å². The van der Waals surface area contributed by atoms with Crippen LogP contribution in [0.25, 0.3) is 0 Å². The Hall–Kier alpha value is -1.17. The maximum Gasteiger partial charge on any atom is 0.133 e. The van der Waals surface area contributed by atoms with Crippen molar-refractivity contribution in [3.63, 3.8) is 0 Å². The van der Waals surface area contributed by atoms with E-state index in [0.29, 0.717) is 19.1 Å². The Morgan fingerprint density at radius 3 is 2.67 bits per heavy atom. The van der Waals surface area contributed by atoms with Crippen LogP contribution in [0.2, 0.25) is 0 Å². The van der Waals surface area contributed by atoms with Gasteiger partial charge in [0.25, 0.3) is 0 Å². The van der Waals surface area contributed by atoms with E-state index >= 15 is 0 Å². The molecule has 0 amide bonds. The van der Waals surface area contributed by atoms with Crippen LogP contribution in [0, 0.1) is 0 Å². The lowest BCUT2D eigenvalue weighted by atomic mass is 10.2. The normalized spacial score (nSPS) is 23.9. The van der Waals surface area contributed by atoms with Crippen LogP contribution in [0.1, 0.15) is 19.4 Å². The van der Waals surface area contributed by atoms with Crippen LogP contribution in [0.15, 0.2) is 18.3 Å². The number of anilines is 1. The molecule has 2 heterocycles. The van der Waals surface area contributed by atoms with Crippen molar-refractivity contribution in [2.75, 3.05) is 18.0 Å². The Balaban J connectivity index is 2.12. The summed E-state index contributed by atoms with van der Waals surface area (Å²) in [7, 11) is 0. The van der Waals surface area contributed by atoms with Gasteiger partial charge in [-0.3, -0.25) is 0 Å². The van der Waals surface area contributed by atoms with E-state index in [1.165, 1.54) is 0 Å². The topological polar surface area (TPSA) is 68.6 Å². The van der Waals surface area contributed by atoms with Crippen LogP contribution in [-0.2, 0) is 6.54 Å². The molecule has 0 spiro atoms. The van der Waals surface area contributed by atoms with E-state index < -0.39 is 12.2 Å². The summed E-state index contributed by atoms with van der Waals surface area (Å²) in [5, 5.41) is 22.6. The number of hydrogen-bond acceptors (Lipinski definition) is 5. The first-order valence-electron chi connectivity index (χ1n) is 6.36. The summed E-state index contributed by atoms with van der Waals surface area (Å²) < 4.78 is 0. The molecule has 1 saturated heterocycles. The third-order valence-electron chi connectivity index (χ3n) is 3.13. The second kappa shape index (κ2) is 5.65. The number of aliphatic hydroxyl groups excluding tert-OH is 2. The fourth-order valence-electron chi connectivity index (χ4n) is 2.11. The van der Waals surface area contributed by atoms with Crippen molar-refractivity contribution in [2.45, 2.75) is 38.6 Å². The van der Waals surface area contributed by atoms with Gasteiger partial charge in [0.2, 0.25) is 0 Å². The number of nitrogens with one attached hydrogen (secondary N) is 1. The summed E-state index contributed by atoms with van der Waals surface area (Å²) in [4.78, 5) is 6.31. The van der Waals surface area contributed by atoms with Crippen molar-refractivity contribution in [1.29, 1.82) is 0 Å². The number of aromatic nitrogens is 1. The van der Waals surface area contributed by atoms with Gasteiger partial charge in [0, 0.05) is 37.4 Å². The molecule has 18 heavy (non-hydrogen) atoms. The lowest BCUT2D eigenvalue weighted by molar-refractivity contribution is 0.0572. The smallest absolute Gasteiger partial charge is 0.133 e. The van der Waals surface area contributed by atoms with Crippen LogP contribution in [0.5, 0.6) is 0 Å². The molecule has 2 rings (SSSR count). The Morgan fingerprint density at radius 1 is 1.39 bits per heavy atom. The predicted octanol–water partition coefficient (Wildman–Crippen LogP) is 0.121. The highest BCUT2D eigenvalue weighted by molar-refractivity contribution is 5.48. The number of aliphatic hydroxyl groups is 2. The Morgan fingerprint density at radius 2 is 2.06 bits per heavy atom. The van der Waals surface area contributed by atoms with Crippen molar-refractivity contribution >= 4 is 5.82 Å². The molecule has 0 bridgehead atoms. The van der Waals surface area contributed by atoms with E-state index in [-0.39, 0.29) is 0 Å². The van der Waals surface area contributed by atoms with Gasteiger partial charge in [-0.1, -0.05) is 19.9 Å². The van der Waals surface area contributed by atoms with Gasteiger partial charge in [0.05, 0.1) is 12.2 Å². The molecule has 0 radical (unpaired) electrons. The zero-order valence-electron chi connectivity index (χ0n) is 10.9. The molecule has 1 aromatic heterocycles. The lowest BCUT2D eigenvalue weighted by Crippen LogP contribution is -2.27. The number of nitrogens with zero attached hydrogens (tertiary/aromatic N) is 2. The van der Waals surface area contributed by atoms with Crippen molar-refractivity contribution in [2.24, 2.45) is 0 Å². The standard InChI is InChI=1S/C13H21N3O2/c1-9(2)15-6-10-4-3-5-14-13(10)16-7-11(17)12(18)8-16/h3-5,9,11-12,15,17-18H,6-8H2,1-2H3. The first-order chi connectivity index (χ1) is 8.58. The van der Waals surface area contributed by atoms with Gasteiger partial charge in [0.1, 0.15) is 5.82 Å². The molecule has 1 fully saturated rings. The second-order valence-electron chi connectivity index (χ2n) is 5.06. The number of hydrogen-bond donors (Lipinski definition) is 3. The van der Waals surface area contributed by atoms with Gasteiger partial charge in [-0.25, -0.2) is 4.98 Å². The molecule has 100 valence electrons. The molecular formula is C13H21N3O2. The van der Waals surface area contributed by atoms with Gasteiger partial charge in [-0.05, 0) is 6.07 Å². The maximum absolute atomic E-state index is 9.60. The molecule has 5 heteroatoms. The average Bonchev–Trinajstić information content (AvgIpc) is 2.67. The van der Waals surface area contributed by atoms with E-state index in [0.717, 1.165) is 17.9 Å². The number of pyridine rings is 1. The van der Waals surface area contributed by atoms with Crippen LogP contribution in [0.4, 0.5) is 5.82 Å². The van der Waals surface area contributed by atoms with E-state index in [1.807, 2.05) is 17.0 Å². The van der Waals surface area contributed by atoms with Crippen LogP contribution in [-0.4, -0.2) is 46.5 Å². The van der Waals surface area contributed by atoms with Crippen LogP contribution >= 0.6 is 0 Å². The number of β-amino-alcohol motifs (C(OH)–C–C–N with tert-alkyl or cyclic N) is 2. The minimum absolute atomic E-state index is 0.410. The molecule has 3 N–H and O–H groups in total. The summed E-state index contributed by atoms with van der Waals surface area (Å²) in [5.41, 5.74) is 1.09. The Labute approximate surface area is 107 Å². The molecule has 0 aromatic carbocycles. The summed E-state index contributed by atoms with van der Waals surface area (Å²) >= 11 is 0. The van der Waals surface area contributed by atoms with Gasteiger partial charge in [0.15, 0.2) is 0 Å². The Bertz CT molecular complexity index is 388. The molecule has 1 aliphatic heterocycles. The second-order valence-corrected chi connectivity index (χ2v) is 5.06. The summed E-state index contributed by atoms with van der Waals surface area (Å²) in [6, 6.07) is 4.34. The fourth-order valence-corrected chi connectivity index (χ4v) is 2.11. The van der Waals surface area contributed by atoms with Crippen molar-refractivity contribution < 1.29 is 10.2 Å². The van der Waals surface area contributed by atoms with Gasteiger partial charge in [-0.15, -0.1) is 0 Å². The summed E-state index contributed by atoms with van der Waals surface area (Å²) in [5.74, 6) is 0.848. The third kappa shape index (κ3) is 2.98. The first kappa shape index (κ1) is 13.3. The molecule has 0 saturated carbocycles. The fraction of sp³-hybridized carbons (Fsp3) is 0.615. The highest BCUT2D eigenvalue weighted by atomic mass is 16.3. The van der Waals surface area contributed by atoms with E-state index in [2.05, 4.69) is 24.1 Å². The molecule has 5 nitrogen and oxygen atoms in total. The maximum atomic E-state index is 9.60. The summed E-state index contributed by atoms with van der Waals surface area (Å²) in [6.07, 6.45) is 0.376. The largest absolute Gasteiger partial charge is 0.389 e. The van der Waals surface area contributed by atoms with E-state index in [1.54, 1.807) is 6.20 Å². The number of rotatable bonds is 4. The lowest BCUT2D eigenvalue weighted by Gasteiger charge is -2.20. The van der Waals surface area contributed by atoms with Gasteiger partial charge < -0.3 is 20.4 Å². The predicted molar refractivity (Wildman–Crippen MR) is 70.4 cm³/mol. The molecule has 1 aliphatic rings. The quantitative estimate of drug-likeness (QED) is 0.709. The average molecular weight is 251 g/mol. The molecule has 1 aromatic rings. The highest BCUT2D eigenvalue weighted by Crippen LogP contribution is 2.22. The van der Waals surface area contributed by atoms with Gasteiger partial charge in [-0.2, -0.15) is 0 Å². The first-order valence-corrected chi connectivity index (χ1v) is 6.36.